The van der Waals surface area contributed by atoms with E-state index in [0.29, 0.717) is 17.4 Å². The summed E-state index contributed by atoms with van der Waals surface area (Å²) in [6.45, 7) is 2.59. The zero-order chi connectivity index (χ0) is 21.6. The Morgan fingerprint density at radius 1 is 0.774 bits per heavy atom. The Kier molecular flexibility index (Phi) is 6.24. The van der Waals surface area contributed by atoms with Crippen LogP contribution in [0.5, 0.6) is 5.75 Å². The van der Waals surface area contributed by atoms with Gasteiger partial charge in [-0.1, -0.05) is 30.0 Å². The number of benzene rings is 3. The molecule has 0 bridgehead atoms. The quantitative estimate of drug-likeness (QED) is 0.369. The fourth-order valence-electron chi connectivity index (χ4n) is 3.30. The van der Waals surface area contributed by atoms with E-state index in [1.165, 1.54) is 17.7 Å². The molecule has 0 aliphatic heterocycles. The van der Waals surface area contributed by atoms with E-state index in [2.05, 4.69) is 29.0 Å². The summed E-state index contributed by atoms with van der Waals surface area (Å²) in [5, 5.41) is 1.28. The van der Waals surface area contributed by atoms with E-state index in [1.807, 2.05) is 37.3 Å². The maximum Gasteiger partial charge on any atom is 0.159 e. The van der Waals surface area contributed by atoms with Crippen LogP contribution < -0.4 is 4.74 Å². The normalized spacial score (nSPS) is 10.5. The number of fused-ring (bicyclic) bond motifs is 1. The zero-order valence-electron chi connectivity index (χ0n) is 17.2. The SMILES string of the molecule is CCOc1ccc(CCc2ccc(C#Cc3ccc4cc(F)c(F)cc4c3)cc2)nc1. The van der Waals surface area contributed by atoms with Crippen LogP contribution in [0.1, 0.15) is 29.3 Å². The summed E-state index contributed by atoms with van der Waals surface area (Å²) in [6.07, 6.45) is 3.50. The largest absolute Gasteiger partial charge is 0.492 e. The Morgan fingerprint density at radius 3 is 2.19 bits per heavy atom. The number of nitrogens with zero attached hydrogens (tertiary/aromatic N) is 1. The molecule has 0 spiro atoms. The topological polar surface area (TPSA) is 22.1 Å². The van der Waals surface area contributed by atoms with E-state index in [4.69, 9.17) is 4.74 Å². The molecule has 31 heavy (non-hydrogen) atoms. The molecule has 0 atom stereocenters. The van der Waals surface area contributed by atoms with Crippen LogP contribution in [-0.2, 0) is 12.8 Å². The average molecular weight is 413 g/mol. The fourth-order valence-corrected chi connectivity index (χ4v) is 3.30. The minimum atomic E-state index is -0.853. The number of aromatic nitrogens is 1. The summed E-state index contributed by atoms with van der Waals surface area (Å²) < 4.78 is 32.2. The molecule has 4 aromatic rings. The average Bonchev–Trinajstić information content (AvgIpc) is 2.79. The third kappa shape index (κ3) is 5.26. The summed E-state index contributed by atoms with van der Waals surface area (Å²) in [7, 11) is 0. The number of rotatable bonds is 5. The summed E-state index contributed by atoms with van der Waals surface area (Å²) in [5.41, 5.74) is 3.89. The lowest BCUT2D eigenvalue weighted by Gasteiger charge is -2.05. The van der Waals surface area contributed by atoms with Gasteiger partial charge < -0.3 is 4.74 Å². The van der Waals surface area contributed by atoms with Gasteiger partial charge in [0.05, 0.1) is 12.8 Å². The van der Waals surface area contributed by atoms with Crippen LogP contribution in [0, 0.1) is 23.5 Å². The van der Waals surface area contributed by atoms with Gasteiger partial charge in [-0.2, -0.15) is 0 Å². The highest BCUT2D eigenvalue weighted by Gasteiger charge is 2.04. The molecule has 0 aliphatic carbocycles. The van der Waals surface area contributed by atoms with E-state index in [0.717, 1.165) is 35.4 Å². The fraction of sp³-hybridized carbons (Fsp3) is 0.148. The Labute approximate surface area is 180 Å². The highest BCUT2D eigenvalue weighted by molar-refractivity contribution is 5.84. The van der Waals surface area contributed by atoms with Crippen molar-refractivity contribution in [2.45, 2.75) is 19.8 Å². The van der Waals surface area contributed by atoms with E-state index in [1.54, 1.807) is 18.3 Å². The van der Waals surface area contributed by atoms with Crippen molar-refractivity contribution >= 4 is 10.8 Å². The number of hydrogen-bond acceptors (Lipinski definition) is 2. The number of pyridine rings is 1. The van der Waals surface area contributed by atoms with E-state index < -0.39 is 11.6 Å². The van der Waals surface area contributed by atoms with Crippen LogP contribution in [-0.4, -0.2) is 11.6 Å². The van der Waals surface area contributed by atoms with Crippen molar-refractivity contribution in [3.8, 4) is 17.6 Å². The van der Waals surface area contributed by atoms with Crippen LogP contribution >= 0.6 is 0 Å². The highest BCUT2D eigenvalue weighted by atomic mass is 19.2. The molecule has 4 rings (SSSR count). The predicted molar refractivity (Wildman–Crippen MR) is 119 cm³/mol. The first-order chi connectivity index (χ1) is 15.1. The minimum Gasteiger partial charge on any atom is -0.492 e. The van der Waals surface area contributed by atoms with Crippen molar-refractivity contribution in [2.24, 2.45) is 0 Å². The van der Waals surface area contributed by atoms with Crippen molar-refractivity contribution in [3.05, 3.63) is 107 Å². The number of ether oxygens (including phenoxy) is 1. The predicted octanol–water partition coefficient (Wildman–Crippen LogP) is 6.10. The molecule has 3 aromatic carbocycles. The Bertz CT molecular complexity index is 1250. The van der Waals surface area contributed by atoms with Gasteiger partial charge in [-0.25, -0.2) is 8.78 Å². The van der Waals surface area contributed by atoms with Gasteiger partial charge in [-0.05, 0) is 84.6 Å². The summed E-state index contributed by atoms with van der Waals surface area (Å²) in [5.74, 6) is 5.31. The van der Waals surface area contributed by atoms with Crippen molar-refractivity contribution in [1.82, 2.24) is 4.98 Å². The second-order valence-corrected chi connectivity index (χ2v) is 7.19. The first kappa shape index (κ1) is 20.6. The molecule has 4 heteroatoms. The standard InChI is InChI=1S/C27H21F2NO/c1-2-31-25-14-13-24(30-18-25)12-10-20-5-3-19(4-6-20)7-8-21-9-11-22-16-26(28)27(29)17-23(22)15-21/h3-6,9,11,13-18H,2,10,12H2,1H3. The number of hydrogen-bond donors (Lipinski definition) is 0. The van der Waals surface area contributed by atoms with Gasteiger partial charge in [0, 0.05) is 16.8 Å². The van der Waals surface area contributed by atoms with Gasteiger partial charge in [0.15, 0.2) is 11.6 Å². The molecule has 1 heterocycles. The number of aryl methyl sites for hydroxylation is 2. The molecule has 2 nitrogen and oxygen atoms in total. The van der Waals surface area contributed by atoms with Crippen molar-refractivity contribution < 1.29 is 13.5 Å². The molecular formula is C27H21F2NO. The van der Waals surface area contributed by atoms with Gasteiger partial charge in [-0.3, -0.25) is 4.98 Å². The summed E-state index contributed by atoms with van der Waals surface area (Å²) in [6, 6.07) is 19.8. The lowest BCUT2D eigenvalue weighted by molar-refractivity contribution is 0.338. The summed E-state index contributed by atoms with van der Waals surface area (Å²) in [4.78, 5) is 4.43. The Morgan fingerprint density at radius 2 is 1.48 bits per heavy atom. The van der Waals surface area contributed by atoms with Crippen molar-refractivity contribution in [3.63, 3.8) is 0 Å². The lowest BCUT2D eigenvalue weighted by Crippen LogP contribution is -1.96. The molecule has 1 aromatic heterocycles. The molecule has 0 fully saturated rings. The van der Waals surface area contributed by atoms with E-state index in [9.17, 15) is 8.78 Å². The van der Waals surface area contributed by atoms with Crippen LogP contribution in [0.2, 0.25) is 0 Å². The molecule has 0 aliphatic rings. The minimum absolute atomic E-state index is 0.629. The molecule has 0 radical (unpaired) electrons. The first-order valence-electron chi connectivity index (χ1n) is 10.2. The first-order valence-corrected chi connectivity index (χ1v) is 10.2. The Balaban J connectivity index is 1.40. The van der Waals surface area contributed by atoms with Crippen LogP contribution in [0.3, 0.4) is 0 Å². The second-order valence-electron chi connectivity index (χ2n) is 7.19. The monoisotopic (exact) mass is 413 g/mol. The van der Waals surface area contributed by atoms with Crippen LogP contribution in [0.15, 0.2) is 72.9 Å². The van der Waals surface area contributed by atoms with Gasteiger partial charge in [-0.15, -0.1) is 0 Å². The van der Waals surface area contributed by atoms with E-state index >= 15 is 0 Å². The van der Waals surface area contributed by atoms with Gasteiger partial charge in [0.25, 0.3) is 0 Å². The third-order valence-electron chi connectivity index (χ3n) is 4.96. The van der Waals surface area contributed by atoms with Gasteiger partial charge >= 0.3 is 0 Å². The molecule has 0 amide bonds. The lowest BCUT2D eigenvalue weighted by atomic mass is 10.0. The molecular weight excluding hydrogens is 392 g/mol. The molecule has 0 N–H and O–H groups in total. The molecule has 154 valence electrons. The van der Waals surface area contributed by atoms with Crippen molar-refractivity contribution in [1.29, 1.82) is 0 Å². The van der Waals surface area contributed by atoms with E-state index in [-0.39, 0.29) is 0 Å². The number of halogens is 2. The maximum atomic E-state index is 13.5. The second kappa shape index (κ2) is 9.40. The third-order valence-corrected chi connectivity index (χ3v) is 4.96. The highest BCUT2D eigenvalue weighted by Crippen LogP contribution is 2.20. The summed E-state index contributed by atoms with van der Waals surface area (Å²) >= 11 is 0. The molecule has 0 saturated heterocycles. The van der Waals surface area contributed by atoms with Crippen LogP contribution in [0.25, 0.3) is 10.8 Å². The van der Waals surface area contributed by atoms with Crippen LogP contribution in [0.4, 0.5) is 8.78 Å². The van der Waals surface area contributed by atoms with Gasteiger partial charge in [0.1, 0.15) is 5.75 Å². The molecule has 0 unspecified atom stereocenters. The maximum absolute atomic E-state index is 13.5. The zero-order valence-corrected chi connectivity index (χ0v) is 17.2. The Hall–Kier alpha value is -3.71. The van der Waals surface area contributed by atoms with Crippen molar-refractivity contribution in [2.75, 3.05) is 6.61 Å². The smallest absolute Gasteiger partial charge is 0.159 e. The van der Waals surface area contributed by atoms with Gasteiger partial charge in [0.2, 0.25) is 0 Å². The molecule has 0 saturated carbocycles.